The lowest BCUT2D eigenvalue weighted by Gasteiger charge is -2.02. The van der Waals surface area contributed by atoms with Crippen molar-refractivity contribution >= 4 is 22.9 Å². The van der Waals surface area contributed by atoms with Crippen molar-refractivity contribution in [1.82, 2.24) is 0 Å². The number of benzene rings is 1. The molecule has 0 atom stereocenters. The Labute approximate surface area is 89.4 Å². The number of allylic oxidation sites excluding steroid dienone is 1. The van der Waals surface area contributed by atoms with E-state index < -0.39 is 0 Å². The van der Waals surface area contributed by atoms with Gasteiger partial charge in [0.15, 0.2) is 0 Å². The largest absolute Gasteiger partial charge is 0.298 e. The zero-order valence-corrected chi connectivity index (χ0v) is 9.14. The van der Waals surface area contributed by atoms with Gasteiger partial charge in [-0.15, -0.1) is 0 Å². The molecule has 2 heteroatoms. The molecule has 0 aliphatic carbocycles. The van der Waals surface area contributed by atoms with Crippen molar-refractivity contribution < 1.29 is 4.79 Å². The Morgan fingerprint density at radius 2 is 1.93 bits per heavy atom. The Kier molecular flexibility index (Phi) is 3.90. The molecule has 0 saturated carbocycles. The van der Waals surface area contributed by atoms with Gasteiger partial charge in [0.25, 0.3) is 0 Å². The number of halogens is 1. The average molecular weight is 209 g/mol. The van der Waals surface area contributed by atoms with Crippen LogP contribution in [0.5, 0.6) is 0 Å². The molecule has 1 rings (SSSR count). The van der Waals surface area contributed by atoms with Gasteiger partial charge in [-0.1, -0.05) is 42.8 Å². The number of hydrogen-bond donors (Lipinski definition) is 0. The van der Waals surface area contributed by atoms with Gasteiger partial charge in [-0.2, -0.15) is 0 Å². The Morgan fingerprint density at radius 1 is 1.36 bits per heavy atom. The quantitative estimate of drug-likeness (QED) is 0.550. The first-order chi connectivity index (χ1) is 6.69. The van der Waals surface area contributed by atoms with E-state index in [-0.39, 0.29) is 0 Å². The summed E-state index contributed by atoms with van der Waals surface area (Å²) >= 11 is 6.00. The molecular weight excluding hydrogens is 196 g/mol. The molecule has 0 radical (unpaired) electrons. The third-order valence-corrected chi connectivity index (χ3v) is 2.65. The van der Waals surface area contributed by atoms with Crippen molar-refractivity contribution in [1.29, 1.82) is 0 Å². The minimum absolute atomic E-state index is 0.530. The van der Waals surface area contributed by atoms with Gasteiger partial charge in [0.2, 0.25) is 0 Å². The summed E-state index contributed by atoms with van der Waals surface area (Å²) in [5, 5.41) is 0.530. The predicted octanol–water partition coefficient (Wildman–Crippen LogP) is 3.42. The van der Waals surface area contributed by atoms with E-state index in [1.807, 2.05) is 24.3 Å². The summed E-state index contributed by atoms with van der Waals surface area (Å²) in [6, 6.07) is 7.92. The number of carbonyl (C=O) groups excluding carboxylic acids is 1. The zero-order valence-electron chi connectivity index (χ0n) is 8.38. The average Bonchev–Trinajstić information content (AvgIpc) is 2.27. The van der Waals surface area contributed by atoms with Crippen LogP contribution >= 0.6 is 11.6 Å². The van der Waals surface area contributed by atoms with Crippen molar-refractivity contribution in [2.75, 3.05) is 0 Å². The third kappa shape index (κ3) is 2.46. The predicted molar refractivity (Wildman–Crippen MR) is 60.3 cm³/mol. The van der Waals surface area contributed by atoms with Crippen LogP contribution < -0.4 is 0 Å². The maximum absolute atomic E-state index is 10.5. The molecule has 14 heavy (non-hydrogen) atoms. The van der Waals surface area contributed by atoms with Gasteiger partial charge < -0.3 is 0 Å². The van der Waals surface area contributed by atoms with E-state index >= 15 is 0 Å². The lowest BCUT2D eigenvalue weighted by molar-refractivity contribution is -0.104. The van der Waals surface area contributed by atoms with Gasteiger partial charge in [0.05, 0.1) is 5.03 Å². The molecule has 0 saturated heterocycles. The highest BCUT2D eigenvalue weighted by Gasteiger charge is 2.01. The van der Waals surface area contributed by atoms with Gasteiger partial charge in [-0.05, 0) is 24.5 Å². The van der Waals surface area contributed by atoms with Crippen LogP contribution in [0, 0.1) is 0 Å². The topological polar surface area (TPSA) is 17.1 Å². The van der Waals surface area contributed by atoms with Crippen molar-refractivity contribution in [3.8, 4) is 0 Å². The van der Waals surface area contributed by atoms with Crippen LogP contribution in [0.1, 0.15) is 25.0 Å². The number of aldehydes is 1. The highest BCUT2D eigenvalue weighted by Crippen LogP contribution is 2.22. The number of aryl methyl sites for hydroxylation is 1. The molecule has 0 bridgehead atoms. The molecule has 0 heterocycles. The maximum atomic E-state index is 10.5. The highest BCUT2D eigenvalue weighted by atomic mass is 35.5. The standard InChI is InChI=1S/C12H13ClO/c1-3-10-4-6-11(7-5-10)12(13)9(2)8-14/h4-8H,3H2,1-2H3/b12-9+. The van der Waals surface area contributed by atoms with E-state index in [2.05, 4.69) is 6.92 Å². The second-order valence-corrected chi connectivity index (χ2v) is 3.54. The van der Waals surface area contributed by atoms with Gasteiger partial charge in [-0.25, -0.2) is 0 Å². The molecule has 1 aromatic carbocycles. The van der Waals surface area contributed by atoms with E-state index in [1.165, 1.54) is 5.56 Å². The van der Waals surface area contributed by atoms with E-state index in [4.69, 9.17) is 11.6 Å². The molecule has 1 aromatic rings. The summed E-state index contributed by atoms with van der Waals surface area (Å²) in [5.74, 6) is 0. The minimum atomic E-state index is 0.530. The zero-order chi connectivity index (χ0) is 10.6. The molecule has 0 aliphatic heterocycles. The molecule has 0 fully saturated rings. The molecule has 0 aromatic heterocycles. The minimum Gasteiger partial charge on any atom is -0.298 e. The Hall–Kier alpha value is -1.08. The van der Waals surface area contributed by atoms with Crippen LogP contribution in [0.4, 0.5) is 0 Å². The van der Waals surface area contributed by atoms with Gasteiger partial charge in [-0.3, -0.25) is 4.79 Å². The lowest BCUT2D eigenvalue weighted by Crippen LogP contribution is -1.85. The van der Waals surface area contributed by atoms with Crippen LogP contribution in [0.25, 0.3) is 5.03 Å². The van der Waals surface area contributed by atoms with Crippen molar-refractivity contribution in [3.63, 3.8) is 0 Å². The second kappa shape index (κ2) is 4.97. The number of hydrogen-bond acceptors (Lipinski definition) is 1. The fraction of sp³-hybridized carbons (Fsp3) is 0.250. The Bertz CT molecular complexity index is 349. The van der Waals surface area contributed by atoms with E-state index in [1.54, 1.807) is 6.92 Å². The Morgan fingerprint density at radius 3 is 2.36 bits per heavy atom. The van der Waals surface area contributed by atoms with Crippen molar-refractivity contribution in [2.45, 2.75) is 20.3 Å². The van der Waals surface area contributed by atoms with Gasteiger partial charge in [0, 0.05) is 5.57 Å². The SMILES string of the molecule is CCc1ccc(/C(Cl)=C(/C)C=O)cc1. The van der Waals surface area contributed by atoms with E-state index in [9.17, 15) is 4.79 Å². The molecule has 0 N–H and O–H groups in total. The first-order valence-corrected chi connectivity index (χ1v) is 4.97. The van der Waals surface area contributed by atoms with Crippen LogP contribution in [0.3, 0.4) is 0 Å². The van der Waals surface area contributed by atoms with Crippen LogP contribution in [-0.2, 0) is 11.2 Å². The van der Waals surface area contributed by atoms with Crippen molar-refractivity contribution in [3.05, 3.63) is 41.0 Å². The van der Waals surface area contributed by atoms with Crippen LogP contribution in [0.15, 0.2) is 29.8 Å². The fourth-order valence-corrected chi connectivity index (χ4v) is 1.34. The summed E-state index contributed by atoms with van der Waals surface area (Å²) < 4.78 is 0. The maximum Gasteiger partial charge on any atom is 0.147 e. The molecule has 0 unspecified atom stereocenters. The second-order valence-electron chi connectivity index (χ2n) is 3.17. The third-order valence-electron chi connectivity index (χ3n) is 2.14. The molecule has 1 nitrogen and oxygen atoms in total. The summed E-state index contributed by atoms with van der Waals surface area (Å²) in [6.45, 7) is 3.81. The number of carbonyl (C=O) groups is 1. The summed E-state index contributed by atoms with van der Waals surface area (Å²) in [5.41, 5.74) is 2.73. The lowest BCUT2D eigenvalue weighted by atomic mass is 10.1. The monoisotopic (exact) mass is 208 g/mol. The smallest absolute Gasteiger partial charge is 0.147 e. The molecule has 0 amide bonds. The molecular formula is C12H13ClO. The first-order valence-electron chi connectivity index (χ1n) is 4.60. The highest BCUT2D eigenvalue weighted by molar-refractivity contribution is 6.50. The molecule has 0 aliphatic rings. The first kappa shape index (κ1) is 11.0. The molecule has 0 spiro atoms. The molecule has 74 valence electrons. The van der Waals surface area contributed by atoms with Crippen LogP contribution in [0.2, 0.25) is 0 Å². The summed E-state index contributed by atoms with van der Waals surface area (Å²) in [4.78, 5) is 10.5. The van der Waals surface area contributed by atoms with Gasteiger partial charge in [0.1, 0.15) is 6.29 Å². The summed E-state index contributed by atoms with van der Waals surface area (Å²) in [7, 11) is 0. The van der Waals surface area contributed by atoms with Crippen molar-refractivity contribution in [2.24, 2.45) is 0 Å². The fourth-order valence-electron chi connectivity index (χ4n) is 1.17. The van der Waals surface area contributed by atoms with Gasteiger partial charge >= 0.3 is 0 Å². The van der Waals surface area contributed by atoms with E-state index in [0.29, 0.717) is 10.6 Å². The summed E-state index contributed by atoms with van der Waals surface area (Å²) in [6.07, 6.45) is 1.78. The normalized spacial score (nSPS) is 12.2. The Balaban J connectivity index is 3.03. The number of rotatable bonds is 3. The van der Waals surface area contributed by atoms with Crippen LogP contribution in [-0.4, -0.2) is 6.29 Å². The van der Waals surface area contributed by atoms with E-state index in [0.717, 1.165) is 18.3 Å².